The van der Waals surface area contributed by atoms with Crippen molar-refractivity contribution in [2.45, 2.75) is 47.6 Å². The molecule has 2 heterocycles. The Labute approximate surface area is 166 Å². The molecule has 0 spiro atoms. The SMILES string of the molecule is CCOCCCn1c(C)c(C)c(-c2nc3ccccc3[nH]2)c1NC(=O)C(C)C. The van der Waals surface area contributed by atoms with Crippen LogP contribution in [0.2, 0.25) is 0 Å². The van der Waals surface area contributed by atoms with Crippen LogP contribution in [0.1, 0.15) is 38.4 Å². The maximum absolute atomic E-state index is 12.5. The fraction of sp³-hybridized carbons (Fsp3) is 0.455. The van der Waals surface area contributed by atoms with Gasteiger partial charge in [0.15, 0.2) is 0 Å². The van der Waals surface area contributed by atoms with Crippen molar-refractivity contribution in [3.05, 3.63) is 35.5 Å². The average Bonchev–Trinajstić information content (AvgIpc) is 3.19. The van der Waals surface area contributed by atoms with Gasteiger partial charge in [-0.15, -0.1) is 0 Å². The molecule has 3 rings (SSSR count). The molecule has 2 aromatic heterocycles. The monoisotopic (exact) mass is 382 g/mol. The van der Waals surface area contributed by atoms with Gasteiger partial charge in [0.2, 0.25) is 5.91 Å². The molecule has 2 N–H and O–H groups in total. The van der Waals surface area contributed by atoms with Crippen LogP contribution in [0.5, 0.6) is 0 Å². The van der Waals surface area contributed by atoms with Gasteiger partial charge in [0.05, 0.1) is 16.6 Å². The van der Waals surface area contributed by atoms with E-state index in [0.29, 0.717) is 13.2 Å². The number of hydrogen-bond donors (Lipinski definition) is 2. The molecule has 0 fully saturated rings. The molecule has 0 unspecified atom stereocenters. The third-order valence-corrected chi connectivity index (χ3v) is 5.10. The Bertz CT molecular complexity index is 935. The first kappa shape index (κ1) is 20.1. The zero-order chi connectivity index (χ0) is 20.3. The molecule has 0 saturated carbocycles. The van der Waals surface area contributed by atoms with Gasteiger partial charge in [-0.25, -0.2) is 4.98 Å². The zero-order valence-corrected chi connectivity index (χ0v) is 17.4. The highest BCUT2D eigenvalue weighted by molar-refractivity contribution is 5.96. The van der Waals surface area contributed by atoms with E-state index in [4.69, 9.17) is 9.72 Å². The molecule has 0 aliphatic rings. The van der Waals surface area contributed by atoms with E-state index in [2.05, 4.69) is 28.7 Å². The molecule has 1 amide bonds. The minimum Gasteiger partial charge on any atom is -0.382 e. The third kappa shape index (κ3) is 3.97. The second-order valence-corrected chi connectivity index (χ2v) is 7.38. The second-order valence-electron chi connectivity index (χ2n) is 7.38. The number of anilines is 1. The molecule has 0 radical (unpaired) electrons. The smallest absolute Gasteiger partial charge is 0.228 e. The van der Waals surface area contributed by atoms with Gasteiger partial charge in [-0.05, 0) is 44.9 Å². The predicted molar refractivity (Wildman–Crippen MR) is 114 cm³/mol. The van der Waals surface area contributed by atoms with E-state index in [1.807, 2.05) is 45.0 Å². The molecule has 0 saturated heterocycles. The molecule has 0 atom stereocenters. The third-order valence-electron chi connectivity index (χ3n) is 5.10. The lowest BCUT2D eigenvalue weighted by Crippen LogP contribution is -2.21. The first-order valence-electron chi connectivity index (χ1n) is 9.97. The Morgan fingerprint density at radius 2 is 2.04 bits per heavy atom. The summed E-state index contributed by atoms with van der Waals surface area (Å²) in [6.07, 6.45) is 0.882. The maximum atomic E-state index is 12.5. The molecule has 28 heavy (non-hydrogen) atoms. The van der Waals surface area contributed by atoms with Crippen molar-refractivity contribution in [1.82, 2.24) is 14.5 Å². The van der Waals surface area contributed by atoms with Crippen molar-refractivity contribution in [2.24, 2.45) is 5.92 Å². The summed E-state index contributed by atoms with van der Waals surface area (Å²) < 4.78 is 7.67. The zero-order valence-electron chi connectivity index (χ0n) is 17.4. The fourth-order valence-corrected chi connectivity index (χ4v) is 3.36. The first-order valence-corrected chi connectivity index (χ1v) is 9.97. The number of para-hydroxylation sites is 2. The molecule has 6 heteroatoms. The van der Waals surface area contributed by atoms with Crippen LogP contribution < -0.4 is 5.32 Å². The van der Waals surface area contributed by atoms with Crippen molar-refractivity contribution >= 4 is 22.8 Å². The number of nitrogens with zero attached hydrogens (tertiary/aromatic N) is 2. The largest absolute Gasteiger partial charge is 0.382 e. The summed E-state index contributed by atoms with van der Waals surface area (Å²) in [5, 5.41) is 3.15. The number of hydrogen-bond acceptors (Lipinski definition) is 3. The van der Waals surface area contributed by atoms with E-state index < -0.39 is 0 Å². The second kappa shape index (κ2) is 8.61. The van der Waals surface area contributed by atoms with Crippen molar-refractivity contribution in [3.63, 3.8) is 0 Å². The minimum atomic E-state index is -0.101. The van der Waals surface area contributed by atoms with Crippen LogP contribution >= 0.6 is 0 Å². The standard InChI is InChI=1S/C22H30N4O2/c1-6-28-13-9-12-26-16(5)15(4)19(21(26)25-22(27)14(2)3)20-23-17-10-7-8-11-18(17)24-20/h7-8,10-11,14H,6,9,12-13H2,1-5H3,(H,23,24)(H,25,27). The molecule has 0 bridgehead atoms. The van der Waals surface area contributed by atoms with Crippen molar-refractivity contribution < 1.29 is 9.53 Å². The average molecular weight is 383 g/mol. The van der Waals surface area contributed by atoms with E-state index in [9.17, 15) is 4.79 Å². The van der Waals surface area contributed by atoms with Crippen molar-refractivity contribution in [2.75, 3.05) is 18.5 Å². The summed E-state index contributed by atoms with van der Waals surface area (Å²) in [4.78, 5) is 20.7. The number of benzene rings is 1. The predicted octanol–water partition coefficient (Wildman–Crippen LogP) is 4.67. The molecule has 6 nitrogen and oxygen atoms in total. The number of carbonyl (C=O) groups excluding carboxylic acids is 1. The van der Waals surface area contributed by atoms with Gasteiger partial charge >= 0.3 is 0 Å². The van der Waals surface area contributed by atoms with Crippen LogP contribution in [-0.4, -0.2) is 33.7 Å². The van der Waals surface area contributed by atoms with Crippen LogP contribution in [0.25, 0.3) is 22.4 Å². The van der Waals surface area contributed by atoms with Crippen LogP contribution in [0.3, 0.4) is 0 Å². The number of H-pyrrole nitrogens is 1. The molecule has 0 aliphatic heterocycles. The number of amides is 1. The highest BCUT2D eigenvalue weighted by atomic mass is 16.5. The summed E-state index contributed by atoms with van der Waals surface area (Å²) in [6, 6.07) is 7.97. The number of imidazole rings is 1. The summed E-state index contributed by atoms with van der Waals surface area (Å²) in [5.74, 6) is 1.49. The van der Waals surface area contributed by atoms with E-state index in [0.717, 1.165) is 52.5 Å². The lowest BCUT2D eigenvalue weighted by molar-refractivity contribution is -0.118. The van der Waals surface area contributed by atoms with Crippen LogP contribution in [0.15, 0.2) is 24.3 Å². The topological polar surface area (TPSA) is 71.9 Å². The fourth-order valence-electron chi connectivity index (χ4n) is 3.36. The lowest BCUT2D eigenvalue weighted by atomic mass is 10.1. The lowest BCUT2D eigenvalue weighted by Gasteiger charge is -2.15. The number of carbonyl (C=O) groups is 1. The van der Waals surface area contributed by atoms with E-state index in [-0.39, 0.29) is 11.8 Å². The first-order chi connectivity index (χ1) is 13.4. The van der Waals surface area contributed by atoms with Crippen LogP contribution in [0, 0.1) is 19.8 Å². The quantitative estimate of drug-likeness (QED) is 0.556. The Hall–Kier alpha value is -2.60. The molecule has 1 aromatic carbocycles. The Morgan fingerprint density at radius 3 is 2.71 bits per heavy atom. The van der Waals surface area contributed by atoms with Gasteiger partial charge in [-0.3, -0.25) is 4.79 Å². The van der Waals surface area contributed by atoms with E-state index >= 15 is 0 Å². The number of ether oxygens (including phenoxy) is 1. The number of fused-ring (bicyclic) bond motifs is 1. The summed E-state index contributed by atoms with van der Waals surface area (Å²) in [7, 11) is 0. The maximum Gasteiger partial charge on any atom is 0.228 e. The Kier molecular flexibility index (Phi) is 6.19. The molecule has 0 aliphatic carbocycles. The molecule has 150 valence electrons. The molecule has 3 aromatic rings. The van der Waals surface area contributed by atoms with Crippen molar-refractivity contribution in [3.8, 4) is 11.4 Å². The number of rotatable bonds is 8. The van der Waals surface area contributed by atoms with Gasteiger partial charge in [-0.2, -0.15) is 0 Å². The van der Waals surface area contributed by atoms with Gasteiger partial charge in [-0.1, -0.05) is 26.0 Å². The summed E-state index contributed by atoms with van der Waals surface area (Å²) in [5.41, 5.74) is 5.11. The Balaban J connectivity index is 2.07. The van der Waals surface area contributed by atoms with Crippen molar-refractivity contribution in [1.29, 1.82) is 0 Å². The highest BCUT2D eigenvalue weighted by Crippen LogP contribution is 2.36. The van der Waals surface area contributed by atoms with Gasteiger partial charge < -0.3 is 19.6 Å². The number of aromatic nitrogens is 3. The van der Waals surface area contributed by atoms with Crippen LogP contribution in [0.4, 0.5) is 5.82 Å². The minimum absolute atomic E-state index is 0.000851. The Morgan fingerprint density at radius 1 is 1.29 bits per heavy atom. The molecular weight excluding hydrogens is 352 g/mol. The summed E-state index contributed by atoms with van der Waals surface area (Å²) in [6.45, 7) is 12.2. The van der Waals surface area contributed by atoms with E-state index in [1.165, 1.54) is 0 Å². The number of aromatic amines is 1. The normalized spacial score (nSPS) is 11.5. The molecular formula is C22H30N4O2. The van der Waals surface area contributed by atoms with Gasteiger partial charge in [0, 0.05) is 31.4 Å². The van der Waals surface area contributed by atoms with Gasteiger partial charge in [0.25, 0.3) is 0 Å². The highest BCUT2D eigenvalue weighted by Gasteiger charge is 2.23. The van der Waals surface area contributed by atoms with Gasteiger partial charge in [0.1, 0.15) is 11.6 Å². The number of nitrogens with one attached hydrogen (secondary N) is 2. The summed E-state index contributed by atoms with van der Waals surface area (Å²) >= 11 is 0. The van der Waals surface area contributed by atoms with E-state index in [1.54, 1.807) is 0 Å². The van der Waals surface area contributed by atoms with Crippen LogP contribution in [-0.2, 0) is 16.1 Å².